The Hall–Kier alpha value is -2.68. The lowest BCUT2D eigenvalue weighted by Gasteiger charge is -2.05. The maximum Gasteiger partial charge on any atom is 0.336 e. The number of aromatic nitrogens is 3. The molecule has 2 heterocycles. The number of H-pyrrole nitrogens is 1. The van der Waals surface area contributed by atoms with Gasteiger partial charge in [0.05, 0.1) is 4.90 Å². The van der Waals surface area contributed by atoms with Gasteiger partial charge in [-0.05, 0) is 24.3 Å². The SMILES string of the molecule is O=c1ccc2cc(S(=O)(=O)Nc3ncn[nH]3)ccc2o1. The Labute approximate surface area is 112 Å². The Morgan fingerprint density at radius 2 is 2.05 bits per heavy atom. The molecule has 9 heteroatoms. The van der Waals surface area contributed by atoms with E-state index in [0.29, 0.717) is 11.0 Å². The maximum atomic E-state index is 12.1. The zero-order chi connectivity index (χ0) is 14.2. The van der Waals surface area contributed by atoms with Crippen molar-refractivity contribution in [2.45, 2.75) is 4.90 Å². The van der Waals surface area contributed by atoms with Gasteiger partial charge in [0, 0.05) is 11.5 Å². The number of rotatable bonds is 3. The van der Waals surface area contributed by atoms with Gasteiger partial charge in [0.1, 0.15) is 11.9 Å². The van der Waals surface area contributed by atoms with E-state index in [1.165, 1.54) is 36.7 Å². The normalized spacial score (nSPS) is 11.6. The topological polar surface area (TPSA) is 118 Å². The number of sulfonamides is 1. The molecule has 0 bridgehead atoms. The smallest absolute Gasteiger partial charge is 0.336 e. The minimum absolute atomic E-state index is 0.0182. The highest BCUT2D eigenvalue weighted by molar-refractivity contribution is 7.92. The summed E-state index contributed by atoms with van der Waals surface area (Å²) in [5.41, 5.74) is -0.177. The van der Waals surface area contributed by atoms with Gasteiger partial charge in [0.25, 0.3) is 10.0 Å². The highest BCUT2D eigenvalue weighted by Gasteiger charge is 2.16. The molecule has 0 unspecified atom stereocenters. The van der Waals surface area contributed by atoms with Gasteiger partial charge in [-0.1, -0.05) is 0 Å². The summed E-state index contributed by atoms with van der Waals surface area (Å²) >= 11 is 0. The fourth-order valence-electron chi connectivity index (χ4n) is 1.66. The van der Waals surface area contributed by atoms with Gasteiger partial charge >= 0.3 is 5.63 Å². The van der Waals surface area contributed by atoms with Gasteiger partial charge in [-0.3, -0.25) is 0 Å². The Balaban J connectivity index is 2.05. The minimum atomic E-state index is -3.79. The van der Waals surface area contributed by atoms with Crippen molar-refractivity contribution in [1.29, 1.82) is 0 Å². The molecule has 8 nitrogen and oxygen atoms in total. The van der Waals surface area contributed by atoms with E-state index in [2.05, 4.69) is 19.9 Å². The average Bonchev–Trinajstić information content (AvgIpc) is 2.90. The highest BCUT2D eigenvalue weighted by atomic mass is 32.2. The standard InChI is InChI=1S/C11H8N4O4S/c16-10-4-1-7-5-8(2-3-9(7)19-10)20(17,18)15-11-12-6-13-14-11/h1-6H,(H2,12,13,14,15). The Kier molecular flexibility index (Phi) is 2.75. The van der Waals surface area contributed by atoms with Crippen molar-refractivity contribution in [2.75, 3.05) is 4.72 Å². The predicted molar refractivity (Wildman–Crippen MR) is 69.7 cm³/mol. The van der Waals surface area contributed by atoms with Crippen molar-refractivity contribution in [1.82, 2.24) is 15.2 Å². The van der Waals surface area contributed by atoms with Crippen molar-refractivity contribution in [2.24, 2.45) is 0 Å². The fraction of sp³-hybridized carbons (Fsp3) is 0. The van der Waals surface area contributed by atoms with E-state index in [1.54, 1.807) is 0 Å². The van der Waals surface area contributed by atoms with E-state index < -0.39 is 15.6 Å². The van der Waals surface area contributed by atoms with Crippen LogP contribution in [0.4, 0.5) is 5.95 Å². The van der Waals surface area contributed by atoms with Crippen molar-refractivity contribution in [3.63, 3.8) is 0 Å². The number of hydrogen-bond acceptors (Lipinski definition) is 6. The fourth-order valence-corrected chi connectivity index (χ4v) is 2.66. The second-order valence-corrected chi connectivity index (χ2v) is 5.58. The van der Waals surface area contributed by atoms with E-state index in [4.69, 9.17) is 4.42 Å². The van der Waals surface area contributed by atoms with Crippen molar-refractivity contribution >= 4 is 26.9 Å². The van der Waals surface area contributed by atoms with Crippen molar-refractivity contribution in [3.8, 4) is 0 Å². The number of aromatic amines is 1. The molecule has 102 valence electrons. The Morgan fingerprint density at radius 3 is 2.80 bits per heavy atom. The lowest BCUT2D eigenvalue weighted by Crippen LogP contribution is -2.14. The summed E-state index contributed by atoms with van der Waals surface area (Å²) in [5, 5.41) is 6.45. The van der Waals surface area contributed by atoms with Crippen LogP contribution in [0.2, 0.25) is 0 Å². The van der Waals surface area contributed by atoms with Crippen LogP contribution >= 0.6 is 0 Å². The van der Waals surface area contributed by atoms with Crippen LogP contribution in [0.25, 0.3) is 11.0 Å². The Morgan fingerprint density at radius 1 is 1.20 bits per heavy atom. The van der Waals surface area contributed by atoms with Crippen molar-refractivity contribution < 1.29 is 12.8 Å². The molecule has 0 saturated carbocycles. The second kappa shape index (κ2) is 4.46. The number of nitrogens with zero attached hydrogens (tertiary/aromatic N) is 2. The number of anilines is 1. The van der Waals surface area contributed by atoms with Gasteiger partial charge in [0.15, 0.2) is 0 Å². The van der Waals surface area contributed by atoms with Crippen LogP contribution in [0.5, 0.6) is 0 Å². The number of nitrogens with one attached hydrogen (secondary N) is 2. The van der Waals surface area contributed by atoms with Crippen LogP contribution in [0.1, 0.15) is 0 Å². The van der Waals surface area contributed by atoms with Crippen LogP contribution in [0, 0.1) is 0 Å². The van der Waals surface area contributed by atoms with Crippen molar-refractivity contribution in [3.05, 3.63) is 47.1 Å². The molecule has 0 aliphatic rings. The lowest BCUT2D eigenvalue weighted by atomic mass is 10.2. The van der Waals surface area contributed by atoms with Gasteiger partial charge in [0.2, 0.25) is 5.95 Å². The van der Waals surface area contributed by atoms with Gasteiger partial charge in [-0.15, -0.1) is 0 Å². The first-order valence-corrected chi connectivity index (χ1v) is 6.95. The summed E-state index contributed by atoms with van der Waals surface area (Å²) in [5.74, 6) is 0.0182. The van der Waals surface area contributed by atoms with E-state index in [9.17, 15) is 13.2 Å². The monoisotopic (exact) mass is 292 g/mol. The van der Waals surface area contributed by atoms with Gasteiger partial charge < -0.3 is 4.42 Å². The molecule has 3 aromatic rings. The third-order valence-corrected chi connectivity index (χ3v) is 3.88. The molecule has 0 saturated heterocycles. The van der Waals surface area contributed by atoms with Crippen LogP contribution in [-0.4, -0.2) is 23.6 Å². The lowest BCUT2D eigenvalue weighted by molar-refractivity contribution is 0.560. The summed E-state index contributed by atoms with van der Waals surface area (Å²) < 4.78 is 31.4. The molecule has 0 spiro atoms. The largest absolute Gasteiger partial charge is 0.423 e. The van der Waals surface area contributed by atoms with Crippen LogP contribution in [-0.2, 0) is 10.0 Å². The molecule has 1 aromatic carbocycles. The zero-order valence-electron chi connectivity index (χ0n) is 9.90. The molecule has 0 aliphatic carbocycles. The van der Waals surface area contributed by atoms with Gasteiger partial charge in [-0.2, -0.15) is 10.1 Å². The van der Waals surface area contributed by atoms with Gasteiger partial charge in [-0.25, -0.2) is 23.0 Å². The van der Waals surface area contributed by atoms with Crippen LogP contribution in [0.3, 0.4) is 0 Å². The summed E-state index contributed by atoms with van der Waals surface area (Å²) in [6.07, 6.45) is 1.19. The number of hydrogen-bond donors (Lipinski definition) is 2. The molecule has 2 N–H and O–H groups in total. The third-order valence-electron chi connectivity index (χ3n) is 2.55. The zero-order valence-corrected chi connectivity index (χ0v) is 10.7. The third kappa shape index (κ3) is 2.26. The molecule has 20 heavy (non-hydrogen) atoms. The average molecular weight is 292 g/mol. The first kappa shape index (κ1) is 12.4. The molecule has 2 aromatic heterocycles. The highest BCUT2D eigenvalue weighted by Crippen LogP contribution is 2.19. The molecular weight excluding hydrogens is 284 g/mol. The summed E-state index contributed by atoms with van der Waals surface area (Å²) in [6.45, 7) is 0. The van der Waals surface area contributed by atoms with E-state index in [1.807, 2.05) is 0 Å². The van der Waals surface area contributed by atoms with E-state index >= 15 is 0 Å². The minimum Gasteiger partial charge on any atom is -0.423 e. The quantitative estimate of drug-likeness (QED) is 0.686. The molecule has 0 aliphatic heterocycles. The first-order valence-electron chi connectivity index (χ1n) is 5.47. The molecule has 0 amide bonds. The first-order chi connectivity index (χ1) is 9.54. The van der Waals surface area contributed by atoms with Crippen LogP contribution in [0.15, 0.2) is 50.8 Å². The molecule has 3 rings (SSSR count). The number of fused-ring (bicyclic) bond motifs is 1. The van der Waals surface area contributed by atoms with E-state index in [0.717, 1.165) is 0 Å². The Bertz CT molecular complexity index is 915. The number of benzene rings is 1. The summed E-state index contributed by atoms with van der Waals surface area (Å²) in [7, 11) is -3.79. The summed E-state index contributed by atoms with van der Waals surface area (Å²) in [4.78, 5) is 14.8. The maximum absolute atomic E-state index is 12.1. The second-order valence-electron chi connectivity index (χ2n) is 3.89. The molecule has 0 fully saturated rings. The molecule has 0 radical (unpaired) electrons. The van der Waals surface area contributed by atoms with E-state index in [-0.39, 0.29) is 10.8 Å². The summed E-state index contributed by atoms with van der Waals surface area (Å²) in [6, 6.07) is 6.88. The van der Waals surface area contributed by atoms with Crippen LogP contribution < -0.4 is 10.3 Å². The predicted octanol–water partition coefficient (Wildman–Crippen LogP) is 0.712. The molecular formula is C11H8N4O4S. The molecule has 0 atom stereocenters.